The molecule has 0 aromatic carbocycles. The van der Waals surface area contributed by atoms with Gasteiger partial charge in [0.15, 0.2) is 0 Å². The third-order valence-electron chi connectivity index (χ3n) is 5.75. The van der Waals surface area contributed by atoms with Gasteiger partial charge in [0.1, 0.15) is 0 Å². The van der Waals surface area contributed by atoms with Gasteiger partial charge >= 0.3 is 0 Å². The van der Waals surface area contributed by atoms with Gasteiger partial charge in [-0.25, -0.2) is 0 Å². The maximum atomic E-state index is 4.55. The highest BCUT2D eigenvalue weighted by Gasteiger charge is 2.17. The fourth-order valence-corrected chi connectivity index (χ4v) is 4.06. The van der Waals surface area contributed by atoms with Crippen LogP contribution in [0.25, 0.3) is 0 Å². The summed E-state index contributed by atoms with van der Waals surface area (Å²) in [7, 11) is 0. The molecule has 1 saturated heterocycles. The maximum Gasteiger partial charge on any atom is 0.0543 e. The van der Waals surface area contributed by atoms with Crippen LogP contribution in [0.5, 0.6) is 0 Å². The largest absolute Gasteiger partial charge is 0.296 e. The molecule has 3 aromatic heterocycles. The highest BCUT2D eigenvalue weighted by molar-refractivity contribution is 5.05. The van der Waals surface area contributed by atoms with Crippen LogP contribution in [0.15, 0.2) is 73.2 Å². The van der Waals surface area contributed by atoms with E-state index in [-0.39, 0.29) is 0 Å². The van der Waals surface area contributed by atoms with E-state index in [1.54, 1.807) is 0 Å². The Kier molecular flexibility index (Phi) is 8.10. The molecule has 162 valence electrons. The maximum absolute atomic E-state index is 4.55. The zero-order chi connectivity index (χ0) is 21.1. The summed E-state index contributed by atoms with van der Waals surface area (Å²) in [6.45, 7) is 8.99. The predicted octanol–water partition coefficient (Wildman–Crippen LogP) is 3.08. The van der Waals surface area contributed by atoms with Gasteiger partial charge in [0.2, 0.25) is 0 Å². The fourth-order valence-electron chi connectivity index (χ4n) is 4.06. The summed E-state index contributed by atoms with van der Waals surface area (Å²) >= 11 is 0. The highest BCUT2D eigenvalue weighted by atomic mass is 15.2. The molecule has 0 spiro atoms. The number of pyridine rings is 3. The number of aromatic nitrogens is 3. The molecule has 4 rings (SSSR count). The van der Waals surface area contributed by atoms with Crippen LogP contribution in [0.1, 0.15) is 23.5 Å². The summed E-state index contributed by atoms with van der Waals surface area (Å²) in [5, 5.41) is 0. The molecule has 6 heteroatoms. The van der Waals surface area contributed by atoms with Crippen LogP contribution in [0, 0.1) is 0 Å². The number of hydrogen-bond acceptors (Lipinski definition) is 6. The van der Waals surface area contributed by atoms with E-state index in [9.17, 15) is 0 Å². The van der Waals surface area contributed by atoms with Gasteiger partial charge in [-0.2, -0.15) is 0 Å². The van der Waals surface area contributed by atoms with Crippen LogP contribution in [-0.2, 0) is 19.6 Å². The van der Waals surface area contributed by atoms with E-state index < -0.39 is 0 Å². The Morgan fingerprint density at radius 1 is 0.484 bits per heavy atom. The SMILES string of the molecule is c1ccc(CN2CCCN(Cc3ccccn3)CCN(Cc3ccccn3)CC2)nc1. The summed E-state index contributed by atoms with van der Waals surface area (Å²) in [6.07, 6.45) is 6.81. The highest BCUT2D eigenvalue weighted by Crippen LogP contribution is 2.10. The van der Waals surface area contributed by atoms with Crippen molar-refractivity contribution in [1.82, 2.24) is 29.7 Å². The van der Waals surface area contributed by atoms with Crippen LogP contribution >= 0.6 is 0 Å². The predicted molar refractivity (Wildman–Crippen MR) is 123 cm³/mol. The van der Waals surface area contributed by atoms with Crippen LogP contribution < -0.4 is 0 Å². The van der Waals surface area contributed by atoms with E-state index >= 15 is 0 Å². The fraction of sp³-hybridized carbons (Fsp3) is 0.400. The molecule has 1 aliphatic rings. The van der Waals surface area contributed by atoms with Crippen molar-refractivity contribution in [3.05, 3.63) is 90.3 Å². The molecule has 0 saturated carbocycles. The number of rotatable bonds is 6. The quantitative estimate of drug-likeness (QED) is 0.616. The van der Waals surface area contributed by atoms with Crippen molar-refractivity contribution >= 4 is 0 Å². The first-order valence-corrected chi connectivity index (χ1v) is 11.2. The Hall–Kier alpha value is -2.67. The molecule has 6 nitrogen and oxygen atoms in total. The van der Waals surface area contributed by atoms with Crippen molar-refractivity contribution in [2.45, 2.75) is 26.1 Å². The van der Waals surface area contributed by atoms with Gasteiger partial charge in [-0.15, -0.1) is 0 Å². The molecule has 0 amide bonds. The average molecular weight is 417 g/mol. The lowest BCUT2D eigenvalue weighted by atomic mass is 10.2. The van der Waals surface area contributed by atoms with Gasteiger partial charge in [-0.05, 0) is 55.9 Å². The van der Waals surface area contributed by atoms with E-state index in [1.807, 2.05) is 36.8 Å². The Balaban J connectivity index is 1.44. The Morgan fingerprint density at radius 2 is 0.839 bits per heavy atom. The first-order chi connectivity index (χ1) is 15.3. The van der Waals surface area contributed by atoms with Crippen LogP contribution in [0.3, 0.4) is 0 Å². The number of nitrogens with zero attached hydrogens (tertiary/aromatic N) is 6. The zero-order valence-electron chi connectivity index (χ0n) is 18.2. The van der Waals surface area contributed by atoms with E-state index in [0.29, 0.717) is 0 Å². The van der Waals surface area contributed by atoms with Gasteiger partial charge in [-0.3, -0.25) is 29.7 Å². The molecule has 0 bridgehead atoms. The molecule has 0 radical (unpaired) electrons. The molecular formula is C25H32N6. The smallest absolute Gasteiger partial charge is 0.0543 e. The molecule has 0 aliphatic carbocycles. The van der Waals surface area contributed by atoms with Gasteiger partial charge in [0.05, 0.1) is 17.1 Å². The lowest BCUT2D eigenvalue weighted by Gasteiger charge is -2.32. The van der Waals surface area contributed by atoms with Crippen LogP contribution in [0.2, 0.25) is 0 Å². The summed E-state index contributed by atoms with van der Waals surface area (Å²) in [4.78, 5) is 21.3. The van der Waals surface area contributed by atoms with E-state index in [4.69, 9.17) is 0 Å². The van der Waals surface area contributed by atoms with Gasteiger partial charge < -0.3 is 0 Å². The van der Waals surface area contributed by atoms with Crippen LogP contribution in [-0.4, -0.2) is 68.9 Å². The molecular weight excluding hydrogens is 384 g/mol. The number of hydrogen-bond donors (Lipinski definition) is 0. The molecule has 0 unspecified atom stereocenters. The summed E-state index contributed by atoms with van der Waals surface area (Å²) < 4.78 is 0. The van der Waals surface area contributed by atoms with Crippen molar-refractivity contribution in [3.8, 4) is 0 Å². The molecule has 0 atom stereocenters. The van der Waals surface area contributed by atoms with Crippen molar-refractivity contribution in [1.29, 1.82) is 0 Å². The summed E-state index contributed by atoms with van der Waals surface area (Å²) in [6, 6.07) is 18.5. The molecule has 31 heavy (non-hydrogen) atoms. The lowest BCUT2D eigenvalue weighted by molar-refractivity contribution is 0.137. The van der Waals surface area contributed by atoms with E-state index in [0.717, 1.165) is 82.4 Å². The third kappa shape index (κ3) is 7.21. The minimum atomic E-state index is 0.885. The summed E-state index contributed by atoms with van der Waals surface area (Å²) in [5.74, 6) is 0. The molecule has 1 fully saturated rings. The van der Waals surface area contributed by atoms with E-state index in [1.165, 1.54) is 0 Å². The normalized spacial score (nSPS) is 17.4. The molecule has 3 aromatic rings. The average Bonchev–Trinajstić information content (AvgIpc) is 2.82. The minimum Gasteiger partial charge on any atom is -0.296 e. The Labute approximate surface area is 185 Å². The zero-order valence-corrected chi connectivity index (χ0v) is 18.2. The van der Waals surface area contributed by atoms with Gasteiger partial charge in [0.25, 0.3) is 0 Å². The Bertz CT molecular complexity index is 821. The van der Waals surface area contributed by atoms with E-state index in [2.05, 4.69) is 66.0 Å². The van der Waals surface area contributed by atoms with Gasteiger partial charge in [0, 0.05) is 64.4 Å². The second kappa shape index (κ2) is 11.6. The molecule has 4 heterocycles. The topological polar surface area (TPSA) is 48.4 Å². The lowest BCUT2D eigenvalue weighted by Crippen LogP contribution is -2.42. The van der Waals surface area contributed by atoms with Crippen molar-refractivity contribution in [2.24, 2.45) is 0 Å². The Morgan fingerprint density at radius 3 is 1.16 bits per heavy atom. The standard InChI is InChI=1S/C25H32N6/c1-4-11-26-23(8-1)20-29-14-7-15-30(21-24-9-2-5-12-27-24)17-19-31(18-16-29)22-25-10-3-6-13-28-25/h1-6,8-13H,7,14-22H2. The third-order valence-corrected chi connectivity index (χ3v) is 5.75. The summed E-state index contributed by atoms with van der Waals surface area (Å²) in [5.41, 5.74) is 3.41. The monoisotopic (exact) mass is 416 g/mol. The first-order valence-electron chi connectivity index (χ1n) is 11.2. The minimum absolute atomic E-state index is 0.885. The first kappa shape index (κ1) is 21.6. The second-order valence-electron chi connectivity index (χ2n) is 8.15. The van der Waals surface area contributed by atoms with Crippen molar-refractivity contribution in [2.75, 3.05) is 39.3 Å². The van der Waals surface area contributed by atoms with Gasteiger partial charge in [-0.1, -0.05) is 18.2 Å². The second-order valence-corrected chi connectivity index (χ2v) is 8.15. The molecule has 1 aliphatic heterocycles. The van der Waals surface area contributed by atoms with Crippen molar-refractivity contribution < 1.29 is 0 Å². The van der Waals surface area contributed by atoms with Crippen LogP contribution in [0.4, 0.5) is 0 Å². The van der Waals surface area contributed by atoms with Crippen molar-refractivity contribution in [3.63, 3.8) is 0 Å². The molecule has 0 N–H and O–H groups in total.